The fraction of sp³-hybridized carbons (Fsp3) is 0.500. The van der Waals surface area contributed by atoms with Gasteiger partial charge in [-0.2, -0.15) is 5.10 Å². The van der Waals surface area contributed by atoms with Crippen LogP contribution >= 0.6 is 12.4 Å². The smallest absolute Gasteiger partial charge is 0.241 e. The summed E-state index contributed by atoms with van der Waals surface area (Å²) in [4.78, 5) is 15.0. The van der Waals surface area contributed by atoms with Gasteiger partial charge >= 0.3 is 0 Å². The number of likely N-dealkylation sites (tertiary alicyclic amines) is 1. The maximum absolute atomic E-state index is 12.8. The number of nitrogens with zero attached hydrogens (tertiary/aromatic N) is 3. The Morgan fingerprint density at radius 2 is 2.00 bits per heavy atom. The third kappa shape index (κ3) is 4.34. The highest BCUT2D eigenvalue weighted by Gasteiger charge is 2.36. The average molecular weight is 392 g/mol. The van der Waals surface area contributed by atoms with Crippen molar-refractivity contribution in [1.82, 2.24) is 14.7 Å². The topological polar surface area (TPSA) is 76.2 Å². The Labute approximate surface area is 167 Å². The van der Waals surface area contributed by atoms with Gasteiger partial charge in [-0.1, -0.05) is 25.1 Å². The minimum Gasteiger partial charge on any atom is -0.330 e. The van der Waals surface area contributed by atoms with E-state index in [-0.39, 0.29) is 29.8 Å². The molecule has 3 rings (SSSR count). The van der Waals surface area contributed by atoms with Crippen LogP contribution in [0.25, 0.3) is 5.69 Å². The Balaban J connectivity index is 0.00000261. The summed E-state index contributed by atoms with van der Waals surface area (Å²) >= 11 is 0. The van der Waals surface area contributed by atoms with Crippen LogP contribution in [-0.2, 0) is 4.79 Å². The van der Waals surface area contributed by atoms with E-state index in [0.29, 0.717) is 6.54 Å². The van der Waals surface area contributed by atoms with Crippen LogP contribution in [0.4, 0.5) is 5.69 Å². The fourth-order valence-electron chi connectivity index (χ4n) is 3.60. The number of hydrogen-bond acceptors (Lipinski definition) is 4. The van der Waals surface area contributed by atoms with Gasteiger partial charge in [0.2, 0.25) is 5.91 Å². The molecule has 1 aliphatic heterocycles. The molecular weight excluding hydrogens is 362 g/mol. The standard InChI is InChI=1S/C20H29N5O.ClH/c1-14-18(15(2)25(23-14)17-8-6-5-7-9-17)22-19(26)16(3)24-11-10-20(4,12-21)13-24;/h5-9,16H,10-13,21H2,1-4H3,(H,22,26);1H. The summed E-state index contributed by atoms with van der Waals surface area (Å²) in [5, 5.41) is 7.69. The van der Waals surface area contributed by atoms with E-state index in [1.54, 1.807) is 0 Å². The molecule has 0 radical (unpaired) electrons. The zero-order valence-electron chi connectivity index (χ0n) is 16.5. The molecule has 0 bridgehead atoms. The van der Waals surface area contributed by atoms with Crippen LogP contribution in [-0.4, -0.2) is 46.3 Å². The molecule has 1 aromatic carbocycles. The van der Waals surface area contributed by atoms with Gasteiger partial charge in [0.1, 0.15) is 0 Å². The van der Waals surface area contributed by atoms with Gasteiger partial charge in [0, 0.05) is 6.54 Å². The van der Waals surface area contributed by atoms with Crippen molar-refractivity contribution in [2.24, 2.45) is 11.1 Å². The Morgan fingerprint density at radius 3 is 2.59 bits per heavy atom. The van der Waals surface area contributed by atoms with Crippen molar-refractivity contribution in [3.8, 4) is 5.69 Å². The van der Waals surface area contributed by atoms with E-state index in [0.717, 1.165) is 42.3 Å². The first-order valence-corrected chi connectivity index (χ1v) is 9.21. The van der Waals surface area contributed by atoms with E-state index >= 15 is 0 Å². The van der Waals surface area contributed by atoms with Crippen molar-refractivity contribution in [3.63, 3.8) is 0 Å². The molecule has 0 aliphatic carbocycles. The molecule has 2 unspecified atom stereocenters. The van der Waals surface area contributed by atoms with Gasteiger partial charge < -0.3 is 11.1 Å². The Morgan fingerprint density at radius 1 is 1.33 bits per heavy atom. The SMILES string of the molecule is Cc1nn(-c2ccccc2)c(C)c1NC(=O)C(C)N1CCC(C)(CN)C1.Cl. The summed E-state index contributed by atoms with van der Waals surface area (Å²) in [6, 6.07) is 9.76. The van der Waals surface area contributed by atoms with Crippen molar-refractivity contribution in [3.05, 3.63) is 41.7 Å². The summed E-state index contributed by atoms with van der Waals surface area (Å²) in [6.07, 6.45) is 1.03. The second-order valence-electron chi connectivity index (χ2n) is 7.69. The first kappa shape index (κ1) is 21.4. The Bertz CT molecular complexity index is 791. The summed E-state index contributed by atoms with van der Waals surface area (Å²) < 4.78 is 1.87. The van der Waals surface area contributed by atoms with Gasteiger partial charge in [0.15, 0.2) is 0 Å². The summed E-state index contributed by atoms with van der Waals surface area (Å²) in [5.41, 5.74) is 9.54. The highest BCUT2D eigenvalue weighted by molar-refractivity contribution is 5.95. The molecule has 1 aromatic heterocycles. The zero-order chi connectivity index (χ0) is 18.9. The molecule has 1 aliphatic rings. The van der Waals surface area contributed by atoms with Crippen molar-refractivity contribution in [1.29, 1.82) is 0 Å². The molecule has 2 aromatic rings. The number of anilines is 1. The largest absolute Gasteiger partial charge is 0.330 e. The Kier molecular flexibility index (Phi) is 6.68. The lowest BCUT2D eigenvalue weighted by Crippen LogP contribution is -2.42. The quantitative estimate of drug-likeness (QED) is 0.821. The fourth-order valence-corrected chi connectivity index (χ4v) is 3.60. The zero-order valence-corrected chi connectivity index (χ0v) is 17.3. The second-order valence-corrected chi connectivity index (χ2v) is 7.69. The van der Waals surface area contributed by atoms with Crippen molar-refractivity contribution in [2.45, 2.75) is 40.2 Å². The monoisotopic (exact) mass is 391 g/mol. The number of aromatic nitrogens is 2. The van der Waals surface area contributed by atoms with Crippen molar-refractivity contribution >= 4 is 24.0 Å². The van der Waals surface area contributed by atoms with Gasteiger partial charge in [-0.15, -0.1) is 12.4 Å². The minimum atomic E-state index is -0.192. The third-order valence-electron chi connectivity index (χ3n) is 5.55. The maximum Gasteiger partial charge on any atom is 0.241 e. The number of rotatable bonds is 5. The molecule has 2 atom stereocenters. The van der Waals surface area contributed by atoms with Crippen LogP contribution in [0.2, 0.25) is 0 Å². The van der Waals surface area contributed by atoms with E-state index in [1.165, 1.54) is 0 Å². The molecule has 0 saturated carbocycles. The van der Waals surface area contributed by atoms with Gasteiger partial charge in [0.05, 0.1) is 28.8 Å². The first-order valence-electron chi connectivity index (χ1n) is 9.21. The van der Waals surface area contributed by atoms with Crippen LogP contribution in [0.5, 0.6) is 0 Å². The van der Waals surface area contributed by atoms with Crippen LogP contribution in [0.15, 0.2) is 30.3 Å². The molecule has 1 saturated heterocycles. The predicted octanol–water partition coefficient (Wildman–Crippen LogP) is 2.91. The van der Waals surface area contributed by atoms with E-state index in [1.807, 2.05) is 55.8 Å². The minimum absolute atomic E-state index is 0. The molecule has 6 nitrogen and oxygen atoms in total. The normalized spacial score (nSPS) is 20.9. The number of carbonyl (C=O) groups is 1. The average Bonchev–Trinajstić information content (AvgIpc) is 3.17. The van der Waals surface area contributed by atoms with Gasteiger partial charge in [0.25, 0.3) is 0 Å². The first-order chi connectivity index (χ1) is 12.3. The summed E-state index contributed by atoms with van der Waals surface area (Å²) in [7, 11) is 0. The van der Waals surface area contributed by atoms with E-state index < -0.39 is 0 Å². The van der Waals surface area contributed by atoms with E-state index in [2.05, 4.69) is 22.2 Å². The van der Waals surface area contributed by atoms with Gasteiger partial charge in [-0.25, -0.2) is 4.68 Å². The maximum atomic E-state index is 12.8. The lowest BCUT2D eigenvalue weighted by atomic mass is 9.90. The van der Waals surface area contributed by atoms with Crippen LogP contribution in [0.3, 0.4) is 0 Å². The van der Waals surface area contributed by atoms with Crippen LogP contribution < -0.4 is 11.1 Å². The lowest BCUT2D eigenvalue weighted by Gasteiger charge is -2.26. The number of hydrogen-bond donors (Lipinski definition) is 2. The van der Waals surface area contributed by atoms with Crippen LogP contribution in [0, 0.1) is 19.3 Å². The Hall–Kier alpha value is -1.89. The number of para-hydroxylation sites is 1. The van der Waals surface area contributed by atoms with Gasteiger partial charge in [-0.3, -0.25) is 9.69 Å². The number of amides is 1. The highest BCUT2D eigenvalue weighted by atomic mass is 35.5. The number of halogens is 1. The van der Waals surface area contributed by atoms with Crippen LogP contribution in [0.1, 0.15) is 31.7 Å². The molecule has 27 heavy (non-hydrogen) atoms. The predicted molar refractivity (Wildman–Crippen MR) is 112 cm³/mol. The lowest BCUT2D eigenvalue weighted by molar-refractivity contribution is -0.120. The van der Waals surface area contributed by atoms with Gasteiger partial charge in [-0.05, 0) is 57.8 Å². The van der Waals surface area contributed by atoms with E-state index in [4.69, 9.17) is 5.73 Å². The molecule has 7 heteroatoms. The molecular formula is C20H30ClN5O. The summed E-state index contributed by atoms with van der Waals surface area (Å²) in [5.74, 6) is 0.00471. The third-order valence-corrected chi connectivity index (χ3v) is 5.55. The van der Waals surface area contributed by atoms with E-state index in [9.17, 15) is 4.79 Å². The number of benzene rings is 1. The highest BCUT2D eigenvalue weighted by Crippen LogP contribution is 2.30. The van der Waals surface area contributed by atoms with Crippen molar-refractivity contribution < 1.29 is 4.79 Å². The number of nitrogens with two attached hydrogens (primary N) is 1. The molecule has 2 heterocycles. The molecule has 1 fully saturated rings. The summed E-state index contributed by atoms with van der Waals surface area (Å²) in [6.45, 7) is 10.5. The molecule has 3 N–H and O–H groups in total. The molecule has 1 amide bonds. The molecule has 148 valence electrons. The number of nitrogens with one attached hydrogen (secondary N) is 1. The number of carbonyl (C=O) groups excluding carboxylic acids is 1. The second kappa shape index (κ2) is 8.42. The number of aryl methyl sites for hydroxylation is 1. The molecule has 0 spiro atoms. The van der Waals surface area contributed by atoms with Crippen molar-refractivity contribution in [2.75, 3.05) is 25.0 Å².